The minimum atomic E-state index is -0.170. The molecule has 118 valence electrons. The van der Waals surface area contributed by atoms with Gasteiger partial charge in [0.15, 0.2) is 11.5 Å². The van der Waals surface area contributed by atoms with Crippen molar-refractivity contribution in [1.29, 1.82) is 0 Å². The Morgan fingerprint density at radius 1 is 1.14 bits per heavy atom. The van der Waals surface area contributed by atoms with E-state index in [1.807, 2.05) is 13.0 Å². The summed E-state index contributed by atoms with van der Waals surface area (Å²) in [6, 6.07) is 4.09. The van der Waals surface area contributed by atoms with E-state index < -0.39 is 0 Å². The molecule has 3 rings (SSSR count). The van der Waals surface area contributed by atoms with Crippen molar-refractivity contribution >= 4 is 5.97 Å². The number of hydrogen-bond donors (Lipinski definition) is 0. The monoisotopic (exact) mass is 302 g/mol. The van der Waals surface area contributed by atoms with Gasteiger partial charge in [-0.3, -0.25) is 4.79 Å². The summed E-state index contributed by atoms with van der Waals surface area (Å²) < 4.78 is 15.8. The summed E-state index contributed by atoms with van der Waals surface area (Å²) >= 11 is 0. The van der Waals surface area contributed by atoms with Crippen molar-refractivity contribution in [3.63, 3.8) is 0 Å². The summed E-state index contributed by atoms with van der Waals surface area (Å²) in [6.07, 6.45) is 5.46. The molecule has 0 saturated carbocycles. The molecule has 2 aliphatic rings. The first-order valence-corrected chi connectivity index (χ1v) is 7.62. The standard InChI is InChI=1S/C18H22O4/c1-10(18(19)22-4)17-12-7-5-6-11(12)13-8-15(20-2)16(21-3)9-14(13)17/h5-6,8-12,17H,7H2,1-4H3/t10?,11-,12+,17-/m0/s1. The molecule has 0 radical (unpaired) electrons. The van der Waals surface area contributed by atoms with Crippen LogP contribution in [0, 0.1) is 11.8 Å². The normalized spacial score (nSPS) is 26.3. The zero-order chi connectivity index (χ0) is 15.9. The smallest absolute Gasteiger partial charge is 0.309 e. The van der Waals surface area contributed by atoms with Gasteiger partial charge in [0.2, 0.25) is 0 Å². The maximum atomic E-state index is 12.1. The van der Waals surface area contributed by atoms with Crippen LogP contribution in [0.15, 0.2) is 24.3 Å². The van der Waals surface area contributed by atoms with Gasteiger partial charge in [0.1, 0.15) is 0 Å². The van der Waals surface area contributed by atoms with Crippen LogP contribution in [-0.4, -0.2) is 27.3 Å². The van der Waals surface area contributed by atoms with Crippen LogP contribution in [0.3, 0.4) is 0 Å². The summed E-state index contributed by atoms with van der Waals surface area (Å²) in [5.74, 6) is 2.06. The predicted molar refractivity (Wildman–Crippen MR) is 83.5 cm³/mol. The van der Waals surface area contributed by atoms with Crippen molar-refractivity contribution < 1.29 is 19.0 Å². The summed E-state index contributed by atoms with van der Waals surface area (Å²) in [5.41, 5.74) is 2.44. The molecule has 0 bridgehead atoms. The van der Waals surface area contributed by atoms with Gasteiger partial charge in [-0.2, -0.15) is 0 Å². The molecule has 0 heterocycles. The highest BCUT2D eigenvalue weighted by Crippen LogP contribution is 2.56. The van der Waals surface area contributed by atoms with Crippen molar-refractivity contribution in [3.05, 3.63) is 35.4 Å². The molecule has 4 atom stereocenters. The van der Waals surface area contributed by atoms with Gasteiger partial charge < -0.3 is 14.2 Å². The lowest BCUT2D eigenvalue weighted by Crippen LogP contribution is -2.24. The molecule has 0 fully saturated rings. The molecule has 4 heteroatoms. The van der Waals surface area contributed by atoms with Crippen molar-refractivity contribution in [2.45, 2.75) is 25.2 Å². The van der Waals surface area contributed by atoms with Crippen molar-refractivity contribution in [3.8, 4) is 11.5 Å². The SMILES string of the molecule is COC(=O)C(C)[C@@H]1c2cc(OC)c(OC)cc2[C@H]2C=CC[C@H]21. The fraction of sp³-hybridized carbons (Fsp3) is 0.500. The second-order valence-corrected chi connectivity index (χ2v) is 6.03. The Kier molecular flexibility index (Phi) is 3.85. The molecular weight excluding hydrogens is 280 g/mol. The van der Waals surface area contributed by atoms with Crippen LogP contribution in [0.4, 0.5) is 0 Å². The average molecular weight is 302 g/mol. The molecule has 0 spiro atoms. The van der Waals surface area contributed by atoms with E-state index in [0.29, 0.717) is 17.6 Å². The lowest BCUT2D eigenvalue weighted by Gasteiger charge is -2.24. The van der Waals surface area contributed by atoms with Crippen LogP contribution in [0.5, 0.6) is 11.5 Å². The van der Waals surface area contributed by atoms with E-state index in [9.17, 15) is 4.79 Å². The van der Waals surface area contributed by atoms with E-state index >= 15 is 0 Å². The highest BCUT2D eigenvalue weighted by Gasteiger charge is 2.46. The molecule has 0 saturated heterocycles. The molecule has 2 aliphatic carbocycles. The molecule has 1 unspecified atom stereocenters. The first-order valence-electron chi connectivity index (χ1n) is 7.62. The number of allylic oxidation sites excluding steroid dienone is 2. The molecule has 0 N–H and O–H groups in total. The highest BCUT2D eigenvalue weighted by molar-refractivity contribution is 5.74. The Morgan fingerprint density at radius 2 is 1.77 bits per heavy atom. The van der Waals surface area contributed by atoms with Crippen molar-refractivity contribution in [1.82, 2.24) is 0 Å². The minimum Gasteiger partial charge on any atom is -0.493 e. The van der Waals surface area contributed by atoms with Crippen LogP contribution in [0.1, 0.15) is 36.3 Å². The number of fused-ring (bicyclic) bond motifs is 3. The maximum Gasteiger partial charge on any atom is 0.309 e. The van der Waals surface area contributed by atoms with Crippen LogP contribution >= 0.6 is 0 Å². The van der Waals surface area contributed by atoms with E-state index in [0.717, 1.165) is 12.2 Å². The third-order valence-corrected chi connectivity index (χ3v) is 5.09. The number of esters is 1. The largest absolute Gasteiger partial charge is 0.493 e. The van der Waals surface area contributed by atoms with Gasteiger partial charge in [-0.05, 0) is 35.6 Å². The lowest BCUT2D eigenvalue weighted by atomic mass is 9.80. The second kappa shape index (κ2) is 5.67. The Bertz CT molecular complexity index is 620. The number of hydrogen-bond acceptors (Lipinski definition) is 4. The number of methoxy groups -OCH3 is 3. The number of ether oxygens (including phenoxy) is 3. The maximum absolute atomic E-state index is 12.1. The molecule has 1 aromatic rings. The topological polar surface area (TPSA) is 44.8 Å². The van der Waals surface area contributed by atoms with Crippen molar-refractivity contribution in [2.24, 2.45) is 11.8 Å². The van der Waals surface area contributed by atoms with Crippen LogP contribution in [-0.2, 0) is 9.53 Å². The molecule has 1 aromatic carbocycles. The third kappa shape index (κ3) is 2.09. The molecule has 0 aliphatic heterocycles. The summed E-state index contributed by atoms with van der Waals surface area (Å²) in [4.78, 5) is 12.1. The average Bonchev–Trinajstić information content (AvgIpc) is 3.12. The van der Waals surface area contributed by atoms with Gasteiger partial charge in [-0.1, -0.05) is 19.1 Å². The number of benzene rings is 1. The van der Waals surface area contributed by atoms with Crippen LogP contribution in [0.2, 0.25) is 0 Å². The quantitative estimate of drug-likeness (QED) is 0.632. The van der Waals surface area contributed by atoms with Gasteiger partial charge >= 0.3 is 5.97 Å². The van der Waals surface area contributed by atoms with Gasteiger partial charge in [-0.25, -0.2) is 0 Å². The second-order valence-electron chi connectivity index (χ2n) is 6.03. The fourth-order valence-corrected chi connectivity index (χ4v) is 4.07. The Labute approximate surface area is 131 Å². The van der Waals surface area contributed by atoms with E-state index in [1.54, 1.807) is 14.2 Å². The Balaban J connectivity index is 2.10. The lowest BCUT2D eigenvalue weighted by molar-refractivity contribution is -0.146. The van der Waals surface area contributed by atoms with Crippen LogP contribution in [0.25, 0.3) is 0 Å². The van der Waals surface area contributed by atoms with E-state index in [2.05, 4.69) is 18.2 Å². The first kappa shape index (κ1) is 14.9. The van der Waals surface area contributed by atoms with E-state index in [4.69, 9.17) is 14.2 Å². The summed E-state index contributed by atoms with van der Waals surface area (Å²) in [6.45, 7) is 1.96. The van der Waals surface area contributed by atoms with E-state index in [-0.39, 0.29) is 17.8 Å². The summed E-state index contributed by atoms with van der Waals surface area (Å²) in [5, 5.41) is 0. The Hall–Kier alpha value is -1.97. The number of carbonyl (C=O) groups is 1. The number of rotatable bonds is 4. The summed E-state index contributed by atoms with van der Waals surface area (Å²) in [7, 11) is 4.74. The Morgan fingerprint density at radius 3 is 2.36 bits per heavy atom. The molecular formula is C18H22O4. The molecule has 22 heavy (non-hydrogen) atoms. The molecule has 0 aromatic heterocycles. The van der Waals surface area contributed by atoms with Crippen molar-refractivity contribution in [2.75, 3.05) is 21.3 Å². The highest BCUT2D eigenvalue weighted by atomic mass is 16.5. The van der Waals surface area contributed by atoms with Gasteiger partial charge in [0.05, 0.1) is 27.2 Å². The molecule has 0 amide bonds. The van der Waals surface area contributed by atoms with Gasteiger partial charge in [0, 0.05) is 11.8 Å². The first-order chi connectivity index (χ1) is 10.6. The zero-order valence-corrected chi connectivity index (χ0v) is 13.5. The van der Waals surface area contributed by atoms with Gasteiger partial charge in [0.25, 0.3) is 0 Å². The van der Waals surface area contributed by atoms with Gasteiger partial charge in [-0.15, -0.1) is 0 Å². The zero-order valence-electron chi connectivity index (χ0n) is 13.5. The predicted octanol–water partition coefficient (Wildman–Crippen LogP) is 3.27. The third-order valence-electron chi connectivity index (χ3n) is 5.09. The van der Waals surface area contributed by atoms with E-state index in [1.165, 1.54) is 18.2 Å². The molecule has 4 nitrogen and oxygen atoms in total. The minimum absolute atomic E-state index is 0.154. The fourth-order valence-electron chi connectivity index (χ4n) is 4.07. The number of carbonyl (C=O) groups excluding carboxylic acids is 1. The van der Waals surface area contributed by atoms with Crippen LogP contribution < -0.4 is 9.47 Å².